The Kier molecular flexibility index (Phi) is 4.31. The van der Waals surface area contributed by atoms with Crippen LogP contribution in [0.5, 0.6) is 0 Å². The molecule has 0 heterocycles. The maximum Gasteiger partial charge on any atom is 0.125 e. The predicted octanol–water partition coefficient (Wildman–Crippen LogP) is 2.81. The van der Waals surface area contributed by atoms with Gasteiger partial charge in [0.25, 0.3) is 0 Å². The first-order chi connectivity index (χ1) is 8.78. The highest BCUT2D eigenvalue weighted by Crippen LogP contribution is 2.12. The molecule has 0 aliphatic heterocycles. The molecule has 3 heteroatoms. The quantitative estimate of drug-likeness (QED) is 0.848. The molecule has 2 aromatic carbocycles. The number of nitrogens with two attached hydrogens (primary N) is 1. The van der Waals surface area contributed by atoms with Crippen LogP contribution in [0.1, 0.15) is 5.56 Å². The van der Waals surface area contributed by atoms with Gasteiger partial charge < -0.3 is 11.1 Å². The van der Waals surface area contributed by atoms with Gasteiger partial charge in [0.05, 0.1) is 0 Å². The summed E-state index contributed by atoms with van der Waals surface area (Å²) in [6.07, 6.45) is 0.827. The van der Waals surface area contributed by atoms with E-state index in [1.165, 1.54) is 17.7 Å². The Balaban J connectivity index is 2.01. The van der Waals surface area contributed by atoms with Crippen LogP contribution in [0.3, 0.4) is 0 Å². The van der Waals surface area contributed by atoms with Crippen LogP contribution in [-0.4, -0.2) is 12.6 Å². The molecule has 0 amide bonds. The monoisotopic (exact) mass is 244 g/mol. The van der Waals surface area contributed by atoms with Crippen molar-refractivity contribution < 1.29 is 4.39 Å². The lowest BCUT2D eigenvalue weighted by atomic mass is 10.1. The van der Waals surface area contributed by atoms with E-state index in [2.05, 4.69) is 17.4 Å². The van der Waals surface area contributed by atoms with E-state index in [-0.39, 0.29) is 11.9 Å². The van der Waals surface area contributed by atoms with E-state index in [1.54, 1.807) is 6.07 Å². The van der Waals surface area contributed by atoms with Crippen LogP contribution in [0, 0.1) is 5.82 Å². The Hall–Kier alpha value is -1.87. The minimum atomic E-state index is -0.240. The topological polar surface area (TPSA) is 38.0 Å². The minimum absolute atomic E-state index is 0.106. The van der Waals surface area contributed by atoms with Crippen LogP contribution in [0.15, 0.2) is 54.6 Å². The number of halogens is 1. The summed E-state index contributed by atoms with van der Waals surface area (Å²) in [6.45, 7) is 0.505. The normalized spacial score (nSPS) is 12.1. The number of benzene rings is 2. The van der Waals surface area contributed by atoms with Gasteiger partial charge in [-0.2, -0.15) is 0 Å². The molecular formula is C15H17FN2. The second-order valence-corrected chi connectivity index (χ2v) is 4.28. The van der Waals surface area contributed by atoms with Crippen molar-refractivity contribution in [3.63, 3.8) is 0 Å². The third kappa shape index (κ3) is 3.57. The molecule has 2 aromatic rings. The fourth-order valence-electron chi connectivity index (χ4n) is 1.91. The Morgan fingerprint density at radius 2 is 1.83 bits per heavy atom. The van der Waals surface area contributed by atoms with Gasteiger partial charge in [-0.25, -0.2) is 4.39 Å². The lowest BCUT2D eigenvalue weighted by Gasteiger charge is -2.18. The predicted molar refractivity (Wildman–Crippen MR) is 73.0 cm³/mol. The average Bonchev–Trinajstić information content (AvgIpc) is 2.39. The number of nitrogens with one attached hydrogen (secondary N) is 1. The second-order valence-electron chi connectivity index (χ2n) is 4.28. The van der Waals surface area contributed by atoms with Gasteiger partial charge in [-0.1, -0.05) is 36.4 Å². The zero-order valence-electron chi connectivity index (χ0n) is 10.1. The largest absolute Gasteiger partial charge is 0.381 e. The van der Waals surface area contributed by atoms with Crippen LogP contribution in [0.4, 0.5) is 10.1 Å². The van der Waals surface area contributed by atoms with E-state index in [4.69, 9.17) is 5.73 Å². The number of hydrogen-bond donors (Lipinski definition) is 2. The zero-order chi connectivity index (χ0) is 12.8. The fourth-order valence-corrected chi connectivity index (χ4v) is 1.91. The first-order valence-electron chi connectivity index (χ1n) is 6.04. The maximum absolute atomic E-state index is 13.1. The SMILES string of the molecule is NCC(Cc1ccccc1)Nc1cccc(F)c1. The van der Waals surface area contributed by atoms with Gasteiger partial charge in [-0.15, -0.1) is 0 Å². The van der Waals surface area contributed by atoms with Crippen molar-refractivity contribution >= 4 is 5.69 Å². The van der Waals surface area contributed by atoms with Crippen molar-refractivity contribution in [1.82, 2.24) is 0 Å². The molecule has 0 aromatic heterocycles. The molecule has 0 bridgehead atoms. The van der Waals surface area contributed by atoms with E-state index in [1.807, 2.05) is 24.3 Å². The number of hydrogen-bond acceptors (Lipinski definition) is 2. The second kappa shape index (κ2) is 6.17. The third-order valence-electron chi connectivity index (χ3n) is 2.80. The summed E-state index contributed by atoms with van der Waals surface area (Å²) in [5, 5.41) is 3.25. The smallest absolute Gasteiger partial charge is 0.125 e. The van der Waals surface area contributed by atoms with Crippen molar-refractivity contribution in [1.29, 1.82) is 0 Å². The van der Waals surface area contributed by atoms with Gasteiger partial charge in [-0.3, -0.25) is 0 Å². The zero-order valence-corrected chi connectivity index (χ0v) is 10.1. The number of rotatable bonds is 5. The highest BCUT2D eigenvalue weighted by Gasteiger charge is 2.07. The molecule has 18 heavy (non-hydrogen) atoms. The van der Waals surface area contributed by atoms with Crippen molar-refractivity contribution in [3.8, 4) is 0 Å². The first kappa shape index (κ1) is 12.6. The molecule has 0 fully saturated rings. The van der Waals surface area contributed by atoms with Crippen LogP contribution in [0.2, 0.25) is 0 Å². The highest BCUT2D eigenvalue weighted by molar-refractivity contribution is 5.44. The Labute approximate surface area is 107 Å². The van der Waals surface area contributed by atoms with Crippen molar-refractivity contribution in [3.05, 3.63) is 66.0 Å². The van der Waals surface area contributed by atoms with Crippen molar-refractivity contribution in [2.75, 3.05) is 11.9 Å². The van der Waals surface area contributed by atoms with Crippen LogP contribution in [-0.2, 0) is 6.42 Å². The molecule has 1 unspecified atom stereocenters. The lowest BCUT2D eigenvalue weighted by Crippen LogP contribution is -2.31. The molecule has 94 valence electrons. The summed E-state index contributed by atoms with van der Waals surface area (Å²) in [5.74, 6) is -0.240. The standard InChI is InChI=1S/C15H17FN2/c16-13-7-4-8-14(10-13)18-15(11-17)9-12-5-2-1-3-6-12/h1-8,10,15,18H,9,11,17H2. The van der Waals surface area contributed by atoms with E-state index in [0.717, 1.165) is 12.1 Å². The van der Waals surface area contributed by atoms with E-state index in [0.29, 0.717) is 6.54 Å². The van der Waals surface area contributed by atoms with E-state index >= 15 is 0 Å². The van der Waals surface area contributed by atoms with Gasteiger partial charge >= 0.3 is 0 Å². The molecule has 2 rings (SSSR count). The van der Waals surface area contributed by atoms with E-state index in [9.17, 15) is 4.39 Å². The Bertz CT molecular complexity index is 485. The van der Waals surface area contributed by atoms with Gasteiger partial charge in [0.1, 0.15) is 5.82 Å². The summed E-state index contributed by atoms with van der Waals surface area (Å²) in [4.78, 5) is 0. The molecule has 2 nitrogen and oxygen atoms in total. The third-order valence-corrected chi connectivity index (χ3v) is 2.80. The van der Waals surface area contributed by atoms with Gasteiger partial charge in [0.15, 0.2) is 0 Å². The van der Waals surface area contributed by atoms with Crippen LogP contribution >= 0.6 is 0 Å². The van der Waals surface area contributed by atoms with Gasteiger partial charge in [0, 0.05) is 18.3 Å². The van der Waals surface area contributed by atoms with Crippen LogP contribution in [0.25, 0.3) is 0 Å². The van der Waals surface area contributed by atoms with E-state index < -0.39 is 0 Å². The molecule has 0 aliphatic rings. The van der Waals surface area contributed by atoms with Crippen molar-refractivity contribution in [2.45, 2.75) is 12.5 Å². The van der Waals surface area contributed by atoms with Gasteiger partial charge in [-0.05, 0) is 30.2 Å². The summed E-state index contributed by atoms with van der Waals surface area (Å²) < 4.78 is 13.1. The lowest BCUT2D eigenvalue weighted by molar-refractivity contribution is 0.627. The molecule has 0 saturated heterocycles. The molecule has 0 aliphatic carbocycles. The summed E-state index contributed by atoms with van der Waals surface area (Å²) in [5.41, 5.74) is 7.73. The molecule has 1 atom stereocenters. The Morgan fingerprint density at radius 1 is 1.06 bits per heavy atom. The summed E-state index contributed by atoms with van der Waals surface area (Å²) in [7, 11) is 0. The fraction of sp³-hybridized carbons (Fsp3) is 0.200. The molecular weight excluding hydrogens is 227 g/mol. The molecule has 0 spiro atoms. The minimum Gasteiger partial charge on any atom is -0.381 e. The van der Waals surface area contributed by atoms with Crippen LogP contribution < -0.4 is 11.1 Å². The van der Waals surface area contributed by atoms with Gasteiger partial charge in [0.2, 0.25) is 0 Å². The highest BCUT2D eigenvalue weighted by atomic mass is 19.1. The summed E-state index contributed by atoms with van der Waals surface area (Å²) >= 11 is 0. The molecule has 3 N–H and O–H groups in total. The molecule has 0 radical (unpaired) electrons. The Morgan fingerprint density at radius 3 is 2.50 bits per heavy atom. The average molecular weight is 244 g/mol. The first-order valence-corrected chi connectivity index (χ1v) is 6.04. The number of anilines is 1. The van der Waals surface area contributed by atoms with Crippen molar-refractivity contribution in [2.24, 2.45) is 5.73 Å². The summed E-state index contributed by atoms with van der Waals surface area (Å²) in [6, 6.07) is 16.7. The maximum atomic E-state index is 13.1. The molecule has 0 saturated carbocycles.